The first-order valence-electron chi connectivity index (χ1n) is 6.63. The maximum atomic E-state index is 12.5. The molecule has 1 aliphatic heterocycles. The lowest BCUT2D eigenvalue weighted by Gasteiger charge is -2.32. The fraction of sp³-hybridized carbons (Fsp3) is 0.923. The summed E-state index contributed by atoms with van der Waals surface area (Å²) in [6.07, 6.45) is 2.87. The normalized spacial score (nSPS) is 24.3. The molecule has 0 aromatic carbocycles. The number of carbonyl (C=O) groups is 1. The van der Waals surface area contributed by atoms with Gasteiger partial charge in [0.2, 0.25) is 5.91 Å². The molecule has 4 heteroatoms. The lowest BCUT2D eigenvalue weighted by atomic mass is 9.99. The Hall–Kier alpha value is -0.280. The van der Waals surface area contributed by atoms with Crippen LogP contribution in [0.15, 0.2) is 0 Å². The van der Waals surface area contributed by atoms with Crippen LogP contribution in [-0.4, -0.2) is 42.0 Å². The van der Waals surface area contributed by atoms with Crippen molar-refractivity contribution in [1.29, 1.82) is 0 Å². The number of alkyl halides is 1. The molecular weight excluding hydrogens is 238 g/mol. The SMILES string of the molecule is CCC(CC)N(CCCl)C(=O)C1CCOC1C. The summed E-state index contributed by atoms with van der Waals surface area (Å²) in [5.41, 5.74) is 0. The van der Waals surface area contributed by atoms with Gasteiger partial charge in [-0.3, -0.25) is 4.79 Å². The van der Waals surface area contributed by atoms with Gasteiger partial charge in [0, 0.05) is 25.1 Å². The van der Waals surface area contributed by atoms with E-state index in [1.165, 1.54) is 0 Å². The Morgan fingerprint density at radius 1 is 1.47 bits per heavy atom. The Balaban J connectivity index is 2.71. The highest BCUT2D eigenvalue weighted by atomic mass is 35.5. The zero-order chi connectivity index (χ0) is 12.8. The van der Waals surface area contributed by atoms with Crippen LogP contribution in [0.25, 0.3) is 0 Å². The molecule has 0 saturated carbocycles. The van der Waals surface area contributed by atoms with E-state index in [0.717, 1.165) is 19.3 Å². The number of amides is 1. The summed E-state index contributed by atoms with van der Waals surface area (Å²) in [4.78, 5) is 14.5. The maximum absolute atomic E-state index is 12.5. The Bertz CT molecular complexity index is 244. The van der Waals surface area contributed by atoms with Crippen LogP contribution in [0.1, 0.15) is 40.0 Å². The Morgan fingerprint density at radius 2 is 2.12 bits per heavy atom. The van der Waals surface area contributed by atoms with Crippen molar-refractivity contribution in [3.8, 4) is 0 Å². The third-order valence-electron chi connectivity index (χ3n) is 3.69. The minimum absolute atomic E-state index is 0.0267. The molecule has 0 spiro atoms. The van der Waals surface area contributed by atoms with Gasteiger partial charge in [-0.05, 0) is 26.2 Å². The minimum Gasteiger partial charge on any atom is -0.378 e. The molecule has 1 aliphatic rings. The first kappa shape index (κ1) is 14.8. The van der Waals surface area contributed by atoms with Crippen molar-refractivity contribution in [2.75, 3.05) is 19.0 Å². The van der Waals surface area contributed by atoms with E-state index >= 15 is 0 Å². The smallest absolute Gasteiger partial charge is 0.228 e. The molecule has 1 saturated heterocycles. The van der Waals surface area contributed by atoms with E-state index in [2.05, 4.69) is 13.8 Å². The van der Waals surface area contributed by atoms with Crippen molar-refractivity contribution in [1.82, 2.24) is 4.90 Å². The Labute approximate surface area is 109 Å². The average Bonchev–Trinajstić information content (AvgIpc) is 2.75. The highest BCUT2D eigenvalue weighted by Crippen LogP contribution is 2.24. The monoisotopic (exact) mass is 261 g/mol. The summed E-state index contributed by atoms with van der Waals surface area (Å²) in [5, 5.41) is 0. The first-order chi connectivity index (χ1) is 8.15. The van der Waals surface area contributed by atoms with Crippen molar-refractivity contribution in [3.05, 3.63) is 0 Å². The molecule has 1 amide bonds. The largest absolute Gasteiger partial charge is 0.378 e. The number of nitrogens with zero attached hydrogens (tertiary/aromatic N) is 1. The van der Waals surface area contributed by atoms with Gasteiger partial charge in [-0.2, -0.15) is 0 Å². The minimum atomic E-state index is 0.0267. The molecule has 0 aromatic heterocycles. The van der Waals surface area contributed by atoms with E-state index in [0.29, 0.717) is 25.1 Å². The molecule has 2 atom stereocenters. The van der Waals surface area contributed by atoms with Crippen LogP contribution in [0.2, 0.25) is 0 Å². The van der Waals surface area contributed by atoms with Gasteiger partial charge in [0.15, 0.2) is 0 Å². The van der Waals surface area contributed by atoms with Crippen molar-refractivity contribution < 1.29 is 9.53 Å². The summed E-state index contributed by atoms with van der Waals surface area (Å²) in [7, 11) is 0. The standard InChI is InChI=1S/C13H24ClNO2/c1-4-11(5-2)15(8-7-14)13(16)12-6-9-17-10(12)3/h10-12H,4-9H2,1-3H3. The van der Waals surface area contributed by atoms with Gasteiger partial charge in [0.1, 0.15) is 0 Å². The van der Waals surface area contributed by atoms with E-state index in [1.807, 2.05) is 11.8 Å². The van der Waals surface area contributed by atoms with Crippen molar-refractivity contribution in [2.45, 2.75) is 52.2 Å². The van der Waals surface area contributed by atoms with Crippen molar-refractivity contribution in [3.63, 3.8) is 0 Å². The lowest BCUT2D eigenvalue weighted by Crippen LogP contribution is -2.45. The summed E-state index contributed by atoms with van der Waals surface area (Å²) in [6.45, 7) is 7.58. The molecule has 0 aromatic rings. The van der Waals surface area contributed by atoms with E-state index < -0.39 is 0 Å². The molecule has 0 bridgehead atoms. The van der Waals surface area contributed by atoms with Gasteiger partial charge in [0.05, 0.1) is 12.0 Å². The third kappa shape index (κ3) is 3.59. The molecule has 0 N–H and O–H groups in total. The predicted molar refractivity (Wildman–Crippen MR) is 70.3 cm³/mol. The van der Waals surface area contributed by atoms with Gasteiger partial charge in [-0.15, -0.1) is 11.6 Å². The topological polar surface area (TPSA) is 29.5 Å². The highest BCUT2D eigenvalue weighted by molar-refractivity contribution is 6.18. The van der Waals surface area contributed by atoms with Gasteiger partial charge in [0.25, 0.3) is 0 Å². The molecule has 2 unspecified atom stereocenters. The number of carbonyl (C=O) groups excluding carboxylic acids is 1. The average molecular weight is 262 g/mol. The molecule has 0 aliphatic carbocycles. The molecule has 17 heavy (non-hydrogen) atoms. The molecule has 100 valence electrons. The van der Waals surface area contributed by atoms with Crippen molar-refractivity contribution >= 4 is 17.5 Å². The third-order valence-corrected chi connectivity index (χ3v) is 3.85. The molecule has 1 rings (SSSR count). The van der Waals surface area contributed by atoms with Gasteiger partial charge < -0.3 is 9.64 Å². The van der Waals surface area contributed by atoms with Crippen LogP contribution in [-0.2, 0) is 9.53 Å². The van der Waals surface area contributed by atoms with E-state index in [4.69, 9.17) is 16.3 Å². The highest BCUT2D eigenvalue weighted by Gasteiger charge is 2.35. The molecule has 1 fully saturated rings. The van der Waals surface area contributed by atoms with Crippen LogP contribution >= 0.6 is 11.6 Å². The number of hydrogen-bond donors (Lipinski definition) is 0. The van der Waals surface area contributed by atoms with E-state index in [-0.39, 0.29) is 17.9 Å². The fourth-order valence-corrected chi connectivity index (χ4v) is 2.74. The number of rotatable bonds is 6. The van der Waals surface area contributed by atoms with Gasteiger partial charge >= 0.3 is 0 Å². The molecular formula is C13H24ClNO2. The van der Waals surface area contributed by atoms with E-state index in [9.17, 15) is 4.79 Å². The summed E-state index contributed by atoms with van der Waals surface area (Å²) >= 11 is 5.82. The molecule has 1 heterocycles. The summed E-state index contributed by atoms with van der Waals surface area (Å²) in [6, 6.07) is 0.314. The summed E-state index contributed by atoms with van der Waals surface area (Å²) in [5.74, 6) is 0.757. The van der Waals surface area contributed by atoms with Crippen molar-refractivity contribution in [2.24, 2.45) is 5.92 Å². The van der Waals surface area contributed by atoms with Crippen LogP contribution in [0.5, 0.6) is 0 Å². The zero-order valence-electron chi connectivity index (χ0n) is 11.1. The Morgan fingerprint density at radius 3 is 2.53 bits per heavy atom. The second kappa shape index (κ2) is 7.22. The molecule has 3 nitrogen and oxygen atoms in total. The molecule has 0 radical (unpaired) electrons. The van der Waals surface area contributed by atoms with Crippen LogP contribution < -0.4 is 0 Å². The zero-order valence-corrected chi connectivity index (χ0v) is 11.9. The van der Waals surface area contributed by atoms with Crippen LogP contribution in [0, 0.1) is 5.92 Å². The van der Waals surface area contributed by atoms with Crippen LogP contribution in [0.3, 0.4) is 0 Å². The Kier molecular flexibility index (Phi) is 6.28. The lowest BCUT2D eigenvalue weighted by molar-refractivity contribution is -0.139. The fourth-order valence-electron chi connectivity index (χ4n) is 2.56. The maximum Gasteiger partial charge on any atom is 0.228 e. The quantitative estimate of drug-likeness (QED) is 0.688. The number of halogens is 1. The number of hydrogen-bond acceptors (Lipinski definition) is 2. The second-order valence-corrected chi connectivity index (χ2v) is 5.04. The second-order valence-electron chi connectivity index (χ2n) is 4.66. The number of ether oxygens (including phenoxy) is 1. The predicted octanol–water partition coefficient (Wildman–Crippen LogP) is 2.67. The van der Waals surface area contributed by atoms with E-state index in [1.54, 1.807) is 0 Å². The van der Waals surface area contributed by atoms with Gasteiger partial charge in [-0.1, -0.05) is 13.8 Å². The van der Waals surface area contributed by atoms with Crippen LogP contribution in [0.4, 0.5) is 0 Å². The first-order valence-corrected chi connectivity index (χ1v) is 7.17. The van der Waals surface area contributed by atoms with Gasteiger partial charge in [-0.25, -0.2) is 0 Å². The summed E-state index contributed by atoms with van der Waals surface area (Å²) < 4.78 is 5.48.